The van der Waals surface area contributed by atoms with Crippen LogP contribution < -0.4 is 0 Å². The molecule has 0 bridgehead atoms. The topological polar surface area (TPSA) is 29.5 Å². The van der Waals surface area contributed by atoms with Crippen molar-refractivity contribution in [2.75, 3.05) is 13.2 Å². The zero-order valence-corrected chi connectivity index (χ0v) is 11.2. The van der Waals surface area contributed by atoms with Crippen LogP contribution in [0.4, 0.5) is 0 Å². The molecule has 4 heteroatoms. The Kier molecular flexibility index (Phi) is 4.72. The number of amides is 1. The molecule has 3 radical (unpaired) electrons. The monoisotopic (exact) mass is 258 g/mol. The van der Waals surface area contributed by atoms with Gasteiger partial charge in [0.25, 0.3) is 5.91 Å². The van der Waals surface area contributed by atoms with Crippen LogP contribution in [0.3, 0.4) is 0 Å². The molecule has 3 nitrogen and oxygen atoms in total. The maximum atomic E-state index is 11.7. The molecule has 1 fully saturated rings. The molecule has 1 aliphatic heterocycles. The molecule has 1 amide bonds. The highest BCUT2D eigenvalue weighted by Gasteiger charge is 2.28. The van der Waals surface area contributed by atoms with Crippen LogP contribution >= 0.6 is 0 Å². The fourth-order valence-electron chi connectivity index (χ4n) is 1.89. The number of hydrogen-bond donors (Lipinski definition) is 0. The van der Waals surface area contributed by atoms with Gasteiger partial charge < -0.3 is 9.64 Å². The van der Waals surface area contributed by atoms with E-state index < -0.39 is 0 Å². The largest absolute Gasteiger partial charge is 0.345 e. The van der Waals surface area contributed by atoms with E-state index in [-0.39, 0.29) is 18.7 Å². The summed E-state index contributed by atoms with van der Waals surface area (Å²) in [4.78, 5) is 13.4. The molecule has 1 saturated heterocycles. The minimum absolute atomic E-state index is 0.0674. The van der Waals surface area contributed by atoms with Gasteiger partial charge in [0.2, 0.25) is 0 Å². The highest BCUT2D eigenvalue weighted by atomic mass is 28.1. The molecule has 2 rings (SSSR count). The average molecular weight is 258 g/mol. The van der Waals surface area contributed by atoms with Crippen molar-refractivity contribution >= 4 is 22.2 Å². The second-order valence-corrected chi connectivity index (χ2v) is 4.66. The van der Waals surface area contributed by atoms with Gasteiger partial charge in [0, 0.05) is 16.8 Å². The normalized spacial score (nSPS) is 19.9. The standard InChI is InChI=1S/C14H16NO2Si/c16-13-11-17-14(15(13)9-4-10-18)8-7-12-5-2-1-3-6-12/h1-3,5-8,14H,4,9-11H2/b8-7+. The molecule has 1 heterocycles. The van der Waals surface area contributed by atoms with Crippen LogP contribution in [0.15, 0.2) is 36.4 Å². The third kappa shape index (κ3) is 3.30. The molecule has 1 aromatic carbocycles. The zero-order chi connectivity index (χ0) is 12.8. The van der Waals surface area contributed by atoms with E-state index >= 15 is 0 Å². The molecule has 1 aromatic rings. The fourth-order valence-corrected chi connectivity index (χ4v) is 2.05. The number of benzene rings is 1. The van der Waals surface area contributed by atoms with E-state index in [2.05, 4.69) is 10.2 Å². The Morgan fingerprint density at radius 3 is 2.89 bits per heavy atom. The van der Waals surface area contributed by atoms with E-state index in [4.69, 9.17) is 4.74 Å². The number of carbonyl (C=O) groups is 1. The number of ether oxygens (including phenoxy) is 1. The summed E-state index contributed by atoms with van der Waals surface area (Å²) in [6.45, 7) is 0.914. The van der Waals surface area contributed by atoms with E-state index in [0.717, 1.165) is 24.6 Å². The summed E-state index contributed by atoms with van der Waals surface area (Å²) in [6.07, 6.45) is 4.63. The Bertz CT molecular complexity index is 419. The lowest BCUT2D eigenvalue weighted by molar-refractivity contribution is -0.127. The maximum absolute atomic E-state index is 11.7. The molecule has 93 valence electrons. The van der Waals surface area contributed by atoms with Crippen LogP contribution in [-0.4, -0.2) is 40.4 Å². The molecule has 0 saturated carbocycles. The smallest absolute Gasteiger partial charge is 0.250 e. The number of carbonyl (C=O) groups excluding carboxylic acids is 1. The van der Waals surface area contributed by atoms with Crippen LogP contribution in [0.25, 0.3) is 6.08 Å². The van der Waals surface area contributed by atoms with Gasteiger partial charge >= 0.3 is 0 Å². The van der Waals surface area contributed by atoms with Gasteiger partial charge in [-0.25, -0.2) is 0 Å². The van der Waals surface area contributed by atoms with Crippen molar-refractivity contribution in [1.82, 2.24) is 4.90 Å². The summed E-state index contributed by atoms with van der Waals surface area (Å²) >= 11 is 0. The molecule has 0 spiro atoms. The van der Waals surface area contributed by atoms with Gasteiger partial charge in [0.05, 0.1) is 0 Å². The van der Waals surface area contributed by atoms with Crippen molar-refractivity contribution < 1.29 is 9.53 Å². The van der Waals surface area contributed by atoms with E-state index in [1.165, 1.54) is 0 Å². The molecule has 1 aliphatic rings. The van der Waals surface area contributed by atoms with Crippen molar-refractivity contribution in [2.45, 2.75) is 18.7 Å². The zero-order valence-electron chi connectivity index (χ0n) is 10.2. The summed E-state index contributed by atoms with van der Waals surface area (Å²) in [5.74, 6) is 0.0674. The Morgan fingerprint density at radius 1 is 1.39 bits per heavy atom. The molecule has 1 atom stereocenters. The van der Waals surface area contributed by atoms with Crippen molar-refractivity contribution in [1.29, 1.82) is 0 Å². The van der Waals surface area contributed by atoms with Crippen LogP contribution in [0.2, 0.25) is 6.04 Å². The quantitative estimate of drug-likeness (QED) is 0.755. The third-order valence-corrected chi connectivity index (χ3v) is 3.19. The highest BCUT2D eigenvalue weighted by Crippen LogP contribution is 2.15. The summed E-state index contributed by atoms with van der Waals surface area (Å²) < 4.78 is 5.47. The van der Waals surface area contributed by atoms with Crippen LogP contribution in [0.5, 0.6) is 0 Å². The van der Waals surface area contributed by atoms with Crippen molar-refractivity contribution in [2.24, 2.45) is 0 Å². The summed E-state index contributed by atoms with van der Waals surface area (Å²) in [7, 11) is 3.42. The first-order chi connectivity index (χ1) is 8.81. The van der Waals surface area contributed by atoms with Gasteiger partial charge in [-0.1, -0.05) is 42.5 Å². The van der Waals surface area contributed by atoms with Crippen LogP contribution in [0.1, 0.15) is 12.0 Å². The molecule has 0 aromatic heterocycles. The highest BCUT2D eigenvalue weighted by molar-refractivity contribution is 6.08. The Hall–Kier alpha value is -1.39. The fraction of sp³-hybridized carbons (Fsp3) is 0.357. The molecular formula is C14H16NO2Si. The Labute approximate surface area is 111 Å². The van der Waals surface area contributed by atoms with Gasteiger partial charge in [-0.05, 0) is 18.1 Å². The first-order valence-corrected chi connectivity index (χ1v) is 6.81. The predicted molar refractivity (Wildman–Crippen MR) is 72.1 cm³/mol. The van der Waals surface area contributed by atoms with E-state index in [1.807, 2.05) is 42.5 Å². The number of hydrogen-bond acceptors (Lipinski definition) is 2. The Balaban J connectivity index is 1.99. The molecule has 18 heavy (non-hydrogen) atoms. The van der Waals surface area contributed by atoms with Crippen molar-refractivity contribution in [3.05, 3.63) is 42.0 Å². The summed E-state index contributed by atoms with van der Waals surface area (Å²) in [6, 6.07) is 10.9. The van der Waals surface area contributed by atoms with Crippen molar-refractivity contribution in [3.8, 4) is 0 Å². The lowest BCUT2D eigenvalue weighted by Crippen LogP contribution is -2.33. The lowest BCUT2D eigenvalue weighted by Gasteiger charge is -2.20. The van der Waals surface area contributed by atoms with E-state index in [9.17, 15) is 4.79 Å². The second-order valence-electron chi connectivity index (χ2n) is 4.16. The number of nitrogens with zero attached hydrogens (tertiary/aromatic N) is 1. The Morgan fingerprint density at radius 2 is 2.17 bits per heavy atom. The minimum Gasteiger partial charge on any atom is -0.345 e. The molecule has 0 N–H and O–H groups in total. The van der Waals surface area contributed by atoms with Gasteiger partial charge in [-0.3, -0.25) is 4.79 Å². The van der Waals surface area contributed by atoms with Gasteiger partial charge in [0.15, 0.2) is 6.23 Å². The van der Waals surface area contributed by atoms with Gasteiger partial charge in [-0.2, -0.15) is 0 Å². The molecule has 1 unspecified atom stereocenters. The van der Waals surface area contributed by atoms with Gasteiger partial charge in [0.1, 0.15) is 6.61 Å². The van der Waals surface area contributed by atoms with E-state index in [1.54, 1.807) is 4.90 Å². The number of rotatable bonds is 5. The lowest BCUT2D eigenvalue weighted by atomic mass is 10.2. The first kappa shape index (κ1) is 13.0. The SMILES string of the molecule is O=C1COC(/C=C/c2ccccc2)N1CCC[Si]. The predicted octanol–water partition coefficient (Wildman–Crippen LogP) is 1.86. The van der Waals surface area contributed by atoms with Crippen molar-refractivity contribution in [3.63, 3.8) is 0 Å². The summed E-state index contributed by atoms with van der Waals surface area (Å²) in [5, 5.41) is 0. The minimum atomic E-state index is -0.226. The third-order valence-electron chi connectivity index (χ3n) is 2.83. The van der Waals surface area contributed by atoms with Crippen LogP contribution in [-0.2, 0) is 9.53 Å². The molecule has 0 aliphatic carbocycles. The van der Waals surface area contributed by atoms with E-state index in [0.29, 0.717) is 0 Å². The first-order valence-electron chi connectivity index (χ1n) is 6.10. The maximum Gasteiger partial charge on any atom is 0.250 e. The van der Waals surface area contributed by atoms with Crippen LogP contribution in [0, 0.1) is 0 Å². The molecular weight excluding hydrogens is 242 g/mol. The van der Waals surface area contributed by atoms with Gasteiger partial charge in [-0.15, -0.1) is 0 Å². The average Bonchev–Trinajstić information content (AvgIpc) is 2.76. The second kappa shape index (κ2) is 6.52. The summed E-state index contributed by atoms with van der Waals surface area (Å²) in [5.41, 5.74) is 1.11.